The van der Waals surface area contributed by atoms with Crippen LogP contribution in [0.4, 0.5) is 0 Å². The van der Waals surface area contributed by atoms with Crippen molar-refractivity contribution in [2.45, 2.75) is 25.7 Å². The molecular formula is C19H28N2O4. The van der Waals surface area contributed by atoms with Crippen LogP contribution in [0.5, 0.6) is 5.75 Å². The molecular weight excluding hydrogens is 320 g/mol. The van der Waals surface area contributed by atoms with Crippen molar-refractivity contribution in [3.05, 3.63) is 29.8 Å². The van der Waals surface area contributed by atoms with Gasteiger partial charge in [0.2, 0.25) is 5.91 Å². The minimum Gasteiger partial charge on any atom is -0.496 e. The second-order valence-electron chi connectivity index (χ2n) is 6.40. The maximum Gasteiger partial charge on any atom is 0.325 e. The van der Waals surface area contributed by atoms with E-state index in [-0.39, 0.29) is 12.5 Å². The minimum atomic E-state index is -0.425. The maximum absolute atomic E-state index is 11.7. The topological polar surface area (TPSA) is 67.9 Å². The number of carbonyl (C=O) groups excluding carboxylic acids is 2. The molecule has 0 aromatic heterocycles. The largest absolute Gasteiger partial charge is 0.496 e. The summed E-state index contributed by atoms with van der Waals surface area (Å²) >= 11 is 0. The van der Waals surface area contributed by atoms with E-state index in [2.05, 4.69) is 27.1 Å². The van der Waals surface area contributed by atoms with E-state index in [0.717, 1.165) is 44.6 Å². The summed E-state index contributed by atoms with van der Waals surface area (Å²) in [4.78, 5) is 25.0. The molecule has 0 saturated carbocycles. The molecule has 1 aromatic rings. The van der Waals surface area contributed by atoms with Crippen molar-refractivity contribution in [3.8, 4) is 5.75 Å². The lowest BCUT2D eigenvalue weighted by Gasteiger charge is -2.32. The molecule has 1 fully saturated rings. The van der Waals surface area contributed by atoms with Crippen LogP contribution in [0.25, 0.3) is 0 Å². The molecule has 0 atom stereocenters. The number of ether oxygens (including phenoxy) is 2. The van der Waals surface area contributed by atoms with Gasteiger partial charge in [-0.1, -0.05) is 18.2 Å². The monoisotopic (exact) mass is 348 g/mol. The van der Waals surface area contributed by atoms with E-state index >= 15 is 0 Å². The fourth-order valence-corrected chi connectivity index (χ4v) is 3.19. The SMILES string of the molecule is COC(=O)CNC(=O)CCN1CCC(Cc2ccccc2OC)CC1. The molecule has 25 heavy (non-hydrogen) atoms. The van der Waals surface area contributed by atoms with E-state index in [9.17, 15) is 9.59 Å². The Morgan fingerprint density at radius 3 is 2.60 bits per heavy atom. The van der Waals surface area contributed by atoms with Crippen molar-refractivity contribution in [3.63, 3.8) is 0 Å². The lowest BCUT2D eigenvalue weighted by atomic mass is 9.90. The molecule has 0 bridgehead atoms. The Bertz CT molecular complexity index is 568. The number of para-hydroxylation sites is 1. The van der Waals surface area contributed by atoms with Crippen LogP contribution in [-0.2, 0) is 20.7 Å². The molecule has 0 unspecified atom stereocenters. The predicted molar refractivity (Wildman–Crippen MR) is 95.5 cm³/mol. The third kappa shape index (κ3) is 6.38. The maximum atomic E-state index is 11.7. The third-order valence-corrected chi connectivity index (χ3v) is 4.72. The Kier molecular flexibility index (Phi) is 7.73. The Balaban J connectivity index is 1.67. The second kappa shape index (κ2) is 10.0. The van der Waals surface area contributed by atoms with Crippen molar-refractivity contribution in [2.75, 3.05) is 40.4 Å². The van der Waals surface area contributed by atoms with E-state index in [1.807, 2.05) is 12.1 Å². The van der Waals surface area contributed by atoms with Gasteiger partial charge in [-0.05, 0) is 49.9 Å². The summed E-state index contributed by atoms with van der Waals surface area (Å²) in [6.45, 7) is 2.68. The highest BCUT2D eigenvalue weighted by molar-refractivity contribution is 5.81. The van der Waals surface area contributed by atoms with E-state index in [1.165, 1.54) is 12.7 Å². The fourth-order valence-electron chi connectivity index (χ4n) is 3.19. The van der Waals surface area contributed by atoms with Gasteiger partial charge in [0.05, 0.1) is 14.2 Å². The zero-order chi connectivity index (χ0) is 18.1. The number of benzene rings is 1. The van der Waals surface area contributed by atoms with Crippen LogP contribution >= 0.6 is 0 Å². The van der Waals surface area contributed by atoms with Gasteiger partial charge in [0, 0.05) is 13.0 Å². The van der Waals surface area contributed by atoms with Crippen LogP contribution in [0.1, 0.15) is 24.8 Å². The Morgan fingerprint density at radius 1 is 1.20 bits per heavy atom. The van der Waals surface area contributed by atoms with Gasteiger partial charge in [-0.3, -0.25) is 9.59 Å². The van der Waals surface area contributed by atoms with Crippen LogP contribution in [0.15, 0.2) is 24.3 Å². The molecule has 1 aromatic carbocycles. The number of esters is 1. The summed E-state index contributed by atoms with van der Waals surface area (Å²) in [5, 5.41) is 2.57. The number of likely N-dealkylation sites (tertiary alicyclic amines) is 1. The lowest BCUT2D eigenvalue weighted by molar-refractivity contribution is -0.141. The first-order chi connectivity index (χ1) is 12.1. The Morgan fingerprint density at radius 2 is 1.92 bits per heavy atom. The van der Waals surface area contributed by atoms with E-state index in [4.69, 9.17) is 4.74 Å². The van der Waals surface area contributed by atoms with Crippen molar-refractivity contribution < 1.29 is 19.1 Å². The number of hydrogen-bond donors (Lipinski definition) is 1. The van der Waals surface area contributed by atoms with Crippen LogP contribution in [0.3, 0.4) is 0 Å². The molecule has 0 radical (unpaired) electrons. The molecule has 0 spiro atoms. The highest BCUT2D eigenvalue weighted by atomic mass is 16.5. The molecule has 6 heteroatoms. The average Bonchev–Trinajstić information content (AvgIpc) is 2.66. The van der Waals surface area contributed by atoms with Crippen molar-refractivity contribution in [2.24, 2.45) is 5.92 Å². The van der Waals surface area contributed by atoms with Gasteiger partial charge in [0.25, 0.3) is 0 Å². The summed E-state index contributed by atoms with van der Waals surface area (Å²) in [7, 11) is 3.02. The Hall–Kier alpha value is -2.08. The summed E-state index contributed by atoms with van der Waals surface area (Å²) in [6.07, 6.45) is 3.70. The van der Waals surface area contributed by atoms with E-state index in [0.29, 0.717) is 12.3 Å². The molecule has 1 N–H and O–H groups in total. The number of amides is 1. The van der Waals surface area contributed by atoms with Gasteiger partial charge in [0.15, 0.2) is 0 Å². The smallest absolute Gasteiger partial charge is 0.325 e. The zero-order valence-electron chi connectivity index (χ0n) is 15.1. The number of nitrogens with zero attached hydrogens (tertiary/aromatic N) is 1. The molecule has 0 aliphatic carbocycles. The van der Waals surface area contributed by atoms with Crippen LogP contribution in [0, 0.1) is 5.92 Å². The molecule has 6 nitrogen and oxygen atoms in total. The van der Waals surface area contributed by atoms with Gasteiger partial charge in [0.1, 0.15) is 12.3 Å². The lowest BCUT2D eigenvalue weighted by Crippen LogP contribution is -2.38. The zero-order valence-corrected chi connectivity index (χ0v) is 15.1. The first-order valence-corrected chi connectivity index (χ1v) is 8.80. The molecule has 1 aliphatic rings. The van der Waals surface area contributed by atoms with Gasteiger partial charge in [-0.25, -0.2) is 0 Å². The normalized spacial score (nSPS) is 15.6. The standard InChI is InChI=1S/C19H28N2O4/c1-24-17-6-4-3-5-16(17)13-15-7-10-21(11-8-15)12-9-18(22)20-14-19(23)25-2/h3-6,15H,7-14H2,1-2H3,(H,20,22). The number of hydrogen-bond acceptors (Lipinski definition) is 5. The van der Waals surface area contributed by atoms with Crippen molar-refractivity contribution >= 4 is 11.9 Å². The molecule has 1 amide bonds. The van der Waals surface area contributed by atoms with Crippen molar-refractivity contribution in [1.29, 1.82) is 0 Å². The summed E-state index contributed by atoms with van der Waals surface area (Å²) in [5.41, 5.74) is 1.27. The quantitative estimate of drug-likeness (QED) is 0.723. The minimum absolute atomic E-state index is 0.0592. The predicted octanol–water partition coefficient (Wildman–Crippen LogP) is 1.63. The van der Waals surface area contributed by atoms with Crippen molar-refractivity contribution in [1.82, 2.24) is 10.2 Å². The molecule has 2 rings (SSSR count). The summed E-state index contributed by atoms with van der Waals surface area (Å²) in [6, 6.07) is 8.20. The summed E-state index contributed by atoms with van der Waals surface area (Å²) in [5.74, 6) is 1.08. The first kappa shape index (κ1) is 19.2. The van der Waals surface area contributed by atoms with Crippen LogP contribution in [0.2, 0.25) is 0 Å². The molecule has 1 saturated heterocycles. The number of methoxy groups -OCH3 is 2. The number of rotatable bonds is 8. The molecule has 1 heterocycles. The third-order valence-electron chi connectivity index (χ3n) is 4.72. The van der Waals surface area contributed by atoms with Gasteiger partial charge >= 0.3 is 5.97 Å². The highest BCUT2D eigenvalue weighted by Gasteiger charge is 2.21. The highest BCUT2D eigenvalue weighted by Crippen LogP contribution is 2.26. The van der Waals surface area contributed by atoms with Gasteiger partial charge in [-0.2, -0.15) is 0 Å². The molecule has 138 valence electrons. The average molecular weight is 348 g/mol. The fraction of sp³-hybridized carbons (Fsp3) is 0.579. The Labute approximate surface area is 149 Å². The number of piperidine rings is 1. The van der Waals surface area contributed by atoms with E-state index < -0.39 is 5.97 Å². The van der Waals surface area contributed by atoms with Gasteiger partial charge in [-0.15, -0.1) is 0 Å². The second-order valence-corrected chi connectivity index (χ2v) is 6.40. The molecule has 1 aliphatic heterocycles. The van der Waals surface area contributed by atoms with Crippen LogP contribution in [-0.4, -0.2) is 57.2 Å². The van der Waals surface area contributed by atoms with Crippen LogP contribution < -0.4 is 10.1 Å². The van der Waals surface area contributed by atoms with E-state index in [1.54, 1.807) is 7.11 Å². The number of carbonyl (C=O) groups is 2. The first-order valence-electron chi connectivity index (χ1n) is 8.80. The number of nitrogens with one attached hydrogen (secondary N) is 1. The van der Waals surface area contributed by atoms with Gasteiger partial charge < -0.3 is 19.7 Å². The summed E-state index contributed by atoms with van der Waals surface area (Å²) < 4.78 is 9.93.